The Morgan fingerprint density at radius 1 is 0.938 bits per heavy atom. The lowest BCUT2D eigenvalue weighted by Gasteiger charge is -2.00. The molecule has 1 heterocycles. The Morgan fingerprint density at radius 2 is 1.50 bits per heavy atom. The van der Waals surface area contributed by atoms with Gasteiger partial charge in [0.1, 0.15) is 7.05 Å². The fourth-order valence-corrected chi connectivity index (χ4v) is 1.81. The Hall–Kier alpha value is -0.560. The molecule has 0 N–H and O–H groups in total. The molecule has 0 bridgehead atoms. The first-order valence-corrected chi connectivity index (χ1v) is 6.27. The van der Waals surface area contributed by atoms with Gasteiger partial charge < -0.3 is 12.4 Å². The monoisotopic (exact) mass is 241 g/mol. The van der Waals surface area contributed by atoms with Crippen molar-refractivity contribution in [3.05, 3.63) is 30.1 Å². The maximum Gasteiger partial charge on any atom is 0.168 e. The van der Waals surface area contributed by atoms with Crippen LogP contribution in [0.15, 0.2) is 24.5 Å². The first-order chi connectivity index (χ1) is 7.33. The molecule has 2 heteroatoms. The Bertz CT molecular complexity index is 256. The maximum absolute atomic E-state index is 2.27. The van der Waals surface area contributed by atoms with E-state index < -0.39 is 0 Å². The summed E-state index contributed by atoms with van der Waals surface area (Å²) in [7, 11) is 2.06. The van der Waals surface area contributed by atoms with Crippen LogP contribution in [0.2, 0.25) is 0 Å². The third-order valence-electron chi connectivity index (χ3n) is 2.87. The lowest BCUT2D eigenvalue weighted by atomic mass is 10.1. The van der Waals surface area contributed by atoms with Crippen LogP contribution in [0.4, 0.5) is 0 Å². The maximum atomic E-state index is 2.27. The number of pyridine rings is 1. The quantitative estimate of drug-likeness (QED) is 0.481. The zero-order valence-electron chi connectivity index (χ0n) is 10.6. The van der Waals surface area contributed by atoms with Crippen molar-refractivity contribution in [2.24, 2.45) is 7.05 Å². The van der Waals surface area contributed by atoms with Crippen LogP contribution in [0, 0.1) is 0 Å². The molecule has 0 radical (unpaired) electrons. The minimum absolute atomic E-state index is 0. The highest BCUT2D eigenvalue weighted by atomic mass is 35.5. The normalized spacial score (nSPS) is 9.88. The highest BCUT2D eigenvalue weighted by Crippen LogP contribution is 2.08. The molecule has 0 atom stereocenters. The van der Waals surface area contributed by atoms with E-state index in [9.17, 15) is 0 Å². The molecule has 0 saturated carbocycles. The number of hydrogen-bond acceptors (Lipinski definition) is 0. The molecule has 0 spiro atoms. The van der Waals surface area contributed by atoms with E-state index in [2.05, 4.69) is 43.1 Å². The Morgan fingerprint density at radius 3 is 2.12 bits per heavy atom. The van der Waals surface area contributed by atoms with Crippen LogP contribution in [0.5, 0.6) is 0 Å². The van der Waals surface area contributed by atoms with E-state index in [1.807, 2.05) is 0 Å². The summed E-state index contributed by atoms with van der Waals surface area (Å²) < 4.78 is 2.09. The standard InChI is InChI=1S/C14H24N.ClH/c1-3-4-5-6-7-8-9-14-10-12-15(2)13-11-14;/h10-13H,3-9H2,1-2H3;1H/q+1;/p-1. The highest BCUT2D eigenvalue weighted by Gasteiger charge is 1.96. The zero-order valence-corrected chi connectivity index (χ0v) is 11.3. The van der Waals surface area contributed by atoms with Gasteiger partial charge in [0.15, 0.2) is 12.4 Å². The lowest BCUT2D eigenvalue weighted by Crippen LogP contribution is -3.00. The third-order valence-corrected chi connectivity index (χ3v) is 2.87. The molecule has 0 aromatic carbocycles. The smallest absolute Gasteiger partial charge is 0.168 e. The van der Waals surface area contributed by atoms with Crippen LogP contribution in [-0.4, -0.2) is 0 Å². The number of hydrogen-bond donors (Lipinski definition) is 0. The molecule has 0 aliphatic carbocycles. The van der Waals surface area contributed by atoms with Gasteiger partial charge in [-0.2, -0.15) is 0 Å². The van der Waals surface area contributed by atoms with Crippen molar-refractivity contribution < 1.29 is 17.0 Å². The van der Waals surface area contributed by atoms with Crippen molar-refractivity contribution >= 4 is 0 Å². The first kappa shape index (κ1) is 15.4. The number of unbranched alkanes of at least 4 members (excludes halogenated alkanes) is 5. The second-order valence-electron chi connectivity index (χ2n) is 4.39. The molecular weight excluding hydrogens is 218 g/mol. The second kappa shape index (κ2) is 9.65. The number of aryl methyl sites for hydroxylation is 2. The van der Waals surface area contributed by atoms with Crippen LogP contribution >= 0.6 is 0 Å². The van der Waals surface area contributed by atoms with Crippen molar-refractivity contribution in [3.63, 3.8) is 0 Å². The molecule has 0 fully saturated rings. The summed E-state index contributed by atoms with van der Waals surface area (Å²) in [5.41, 5.74) is 1.48. The van der Waals surface area contributed by atoms with Crippen molar-refractivity contribution in [2.45, 2.75) is 51.9 Å². The van der Waals surface area contributed by atoms with Crippen LogP contribution < -0.4 is 17.0 Å². The Balaban J connectivity index is 0.00000225. The summed E-state index contributed by atoms with van der Waals surface area (Å²) in [4.78, 5) is 0. The van der Waals surface area contributed by atoms with Crippen LogP contribution in [0.3, 0.4) is 0 Å². The number of halogens is 1. The van der Waals surface area contributed by atoms with Gasteiger partial charge in [-0.15, -0.1) is 0 Å². The summed E-state index contributed by atoms with van der Waals surface area (Å²) in [6, 6.07) is 4.46. The SMILES string of the molecule is CCCCCCCCc1cc[n+](C)cc1.[Cl-]. The van der Waals surface area contributed by atoms with E-state index in [0.717, 1.165) is 0 Å². The predicted octanol–water partition coefficient (Wildman–Crippen LogP) is 0.418. The van der Waals surface area contributed by atoms with Gasteiger partial charge in [-0.3, -0.25) is 0 Å². The fraction of sp³-hybridized carbons (Fsp3) is 0.643. The van der Waals surface area contributed by atoms with Gasteiger partial charge in [-0.1, -0.05) is 39.0 Å². The average molecular weight is 242 g/mol. The first-order valence-electron chi connectivity index (χ1n) is 6.27. The summed E-state index contributed by atoms with van der Waals surface area (Å²) in [6.07, 6.45) is 13.8. The molecule has 1 nitrogen and oxygen atoms in total. The summed E-state index contributed by atoms with van der Waals surface area (Å²) >= 11 is 0. The van der Waals surface area contributed by atoms with Crippen LogP contribution in [0.25, 0.3) is 0 Å². The molecule has 0 aliphatic heterocycles. The van der Waals surface area contributed by atoms with E-state index in [1.54, 1.807) is 0 Å². The largest absolute Gasteiger partial charge is 1.00 e. The van der Waals surface area contributed by atoms with Gasteiger partial charge in [0, 0.05) is 12.1 Å². The van der Waals surface area contributed by atoms with Gasteiger partial charge in [0.25, 0.3) is 0 Å². The molecule has 0 amide bonds. The van der Waals surface area contributed by atoms with E-state index in [1.165, 1.54) is 50.5 Å². The van der Waals surface area contributed by atoms with Gasteiger partial charge in [0.2, 0.25) is 0 Å². The molecule has 0 unspecified atom stereocenters. The van der Waals surface area contributed by atoms with Gasteiger partial charge in [0.05, 0.1) is 0 Å². The Kier molecular flexibility index (Phi) is 9.31. The summed E-state index contributed by atoms with van der Waals surface area (Å²) in [5.74, 6) is 0. The summed E-state index contributed by atoms with van der Waals surface area (Å²) in [6.45, 7) is 2.27. The van der Waals surface area contributed by atoms with Gasteiger partial charge in [-0.25, -0.2) is 4.57 Å². The van der Waals surface area contributed by atoms with Crippen LogP contribution in [-0.2, 0) is 13.5 Å². The fourth-order valence-electron chi connectivity index (χ4n) is 1.81. The van der Waals surface area contributed by atoms with Gasteiger partial charge in [-0.05, 0) is 18.4 Å². The van der Waals surface area contributed by atoms with Crippen LogP contribution in [0.1, 0.15) is 51.0 Å². The van der Waals surface area contributed by atoms with Crippen molar-refractivity contribution in [3.8, 4) is 0 Å². The zero-order chi connectivity index (χ0) is 10.9. The predicted molar refractivity (Wildman–Crippen MR) is 64.7 cm³/mol. The number of nitrogens with zero attached hydrogens (tertiary/aromatic N) is 1. The van der Waals surface area contributed by atoms with Crippen molar-refractivity contribution in [1.29, 1.82) is 0 Å². The number of rotatable bonds is 7. The molecule has 1 rings (SSSR count). The highest BCUT2D eigenvalue weighted by molar-refractivity contribution is 5.06. The topological polar surface area (TPSA) is 3.88 Å². The van der Waals surface area contributed by atoms with Crippen molar-refractivity contribution in [2.75, 3.05) is 0 Å². The third kappa shape index (κ3) is 6.84. The molecule has 1 aromatic heterocycles. The van der Waals surface area contributed by atoms with E-state index in [0.29, 0.717) is 0 Å². The van der Waals surface area contributed by atoms with E-state index in [-0.39, 0.29) is 12.4 Å². The molecular formula is C14H24ClN. The molecule has 1 aromatic rings. The number of aromatic nitrogens is 1. The molecule has 0 aliphatic rings. The van der Waals surface area contributed by atoms with E-state index in [4.69, 9.17) is 0 Å². The molecule has 92 valence electrons. The van der Waals surface area contributed by atoms with Crippen molar-refractivity contribution in [1.82, 2.24) is 0 Å². The molecule has 0 saturated heterocycles. The van der Waals surface area contributed by atoms with E-state index >= 15 is 0 Å². The van der Waals surface area contributed by atoms with Gasteiger partial charge >= 0.3 is 0 Å². The molecule has 16 heavy (non-hydrogen) atoms. The lowest BCUT2D eigenvalue weighted by molar-refractivity contribution is -0.671. The minimum Gasteiger partial charge on any atom is -1.00 e. The minimum atomic E-state index is 0. The summed E-state index contributed by atoms with van der Waals surface area (Å²) in [5, 5.41) is 0. The Labute approximate surface area is 106 Å². The average Bonchev–Trinajstić information content (AvgIpc) is 2.26. The second-order valence-corrected chi connectivity index (χ2v) is 4.39.